The number of benzene rings is 1. The van der Waals surface area contributed by atoms with E-state index in [-0.39, 0.29) is 11.4 Å². The van der Waals surface area contributed by atoms with E-state index in [1.165, 1.54) is 13.2 Å². The molecular formula is C10H8N6O6. The molecule has 0 fully saturated rings. The zero-order valence-corrected chi connectivity index (χ0v) is 11.0. The highest BCUT2D eigenvalue weighted by Gasteiger charge is 2.24. The Morgan fingerprint density at radius 3 is 2.27 bits per heavy atom. The SMILES string of the molecule is Cn1cc(Nc2ccc([N+](=O)[O-])cc2[N+](=O)[O-])c([N+](=O)[O-])n1. The van der Waals surface area contributed by atoms with Crippen LogP contribution in [-0.2, 0) is 7.05 Å². The summed E-state index contributed by atoms with van der Waals surface area (Å²) in [5, 5.41) is 38.6. The normalized spacial score (nSPS) is 10.2. The van der Waals surface area contributed by atoms with Gasteiger partial charge >= 0.3 is 5.82 Å². The molecule has 1 aromatic carbocycles. The van der Waals surface area contributed by atoms with Crippen LogP contribution in [0.4, 0.5) is 28.6 Å². The van der Waals surface area contributed by atoms with E-state index in [0.29, 0.717) is 0 Å². The van der Waals surface area contributed by atoms with Crippen LogP contribution in [-0.4, -0.2) is 24.6 Å². The molecule has 1 aromatic heterocycles. The summed E-state index contributed by atoms with van der Waals surface area (Å²) in [5.74, 6) is -0.518. The Hall–Kier alpha value is -3.57. The number of nitrogens with one attached hydrogen (secondary N) is 1. The van der Waals surface area contributed by atoms with E-state index in [9.17, 15) is 30.3 Å². The minimum atomic E-state index is -0.822. The smallest absolute Gasteiger partial charge is 0.358 e. The lowest BCUT2D eigenvalue weighted by Gasteiger charge is -2.04. The van der Waals surface area contributed by atoms with Gasteiger partial charge in [0, 0.05) is 6.07 Å². The predicted octanol–water partition coefficient (Wildman–Crippen LogP) is 1.89. The van der Waals surface area contributed by atoms with Gasteiger partial charge in [-0.15, -0.1) is 0 Å². The molecule has 114 valence electrons. The monoisotopic (exact) mass is 308 g/mol. The number of non-ortho nitro benzene ring substituents is 1. The fraction of sp³-hybridized carbons (Fsp3) is 0.100. The van der Waals surface area contributed by atoms with Gasteiger partial charge in [0.25, 0.3) is 11.4 Å². The highest BCUT2D eigenvalue weighted by Crippen LogP contribution is 2.33. The van der Waals surface area contributed by atoms with Gasteiger partial charge in [-0.2, -0.15) is 4.68 Å². The first-order chi connectivity index (χ1) is 10.3. The quantitative estimate of drug-likeness (QED) is 0.647. The average molecular weight is 308 g/mol. The fourth-order valence-electron chi connectivity index (χ4n) is 1.74. The Labute approximate surface area is 121 Å². The summed E-state index contributed by atoms with van der Waals surface area (Å²) in [4.78, 5) is 30.2. The number of hydrogen-bond acceptors (Lipinski definition) is 8. The third-order valence-corrected chi connectivity index (χ3v) is 2.64. The van der Waals surface area contributed by atoms with Crippen LogP contribution in [0.3, 0.4) is 0 Å². The van der Waals surface area contributed by atoms with E-state index >= 15 is 0 Å². The Kier molecular flexibility index (Phi) is 3.66. The molecule has 1 heterocycles. The lowest BCUT2D eigenvalue weighted by molar-refractivity contribution is -0.393. The van der Waals surface area contributed by atoms with Gasteiger partial charge in [0.15, 0.2) is 5.69 Å². The van der Waals surface area contributed by atoms with E-state index in [0.717, 1.165) is 22.9 Å². The topological polar surface area (TPSA) is 159 Å². The fourth-order valence-corrected chi connectivity index (χ4v) is 1.74. The predicted molar refractivity (Wildman–Crippen MR) is 72.9 cm³/mol. The van der Waals surface area contributed by atoms with Gasteiger partial charge in [-0.3, -0.25) is 20.2 Å². The van der Waals surface area contributed by atoms with Gasteiger partial charge in [0.05, 0.1) is 34.3 Å². The second-order valence-corrected chi connectivity index (χ2v) is 4.14. The molecule has 0 amide bonds. The van der Waals surface area contributed by atoms with Crippen molar-refractivity contribution in [1.29, 1.82) is 0 Å². The zero-order chi connectivity index (χ0) is 16.4. The number of aryl methyl sites for hydroxylation is 1. The van der Waals surface area contributed by atoms with Gasteiger partial charge in [0.1, 0.15) is 5.69 Å². The average Bonchev–Trinajstić information content (AvgIpc) is 2.79. The lowest BCUT2D eigenvalue weighted by Crippen LogP contribution is -2.00. The molecule has 0 unspecified atom stereocenters. The maximum absolute atomic E-state index is 11.0. The minimum Gasteiger partial charge on any atom is -0.358 e. The van der Waals surface area contributed by atoms with Crippen LogP contribution in [0, 0.1) is 30.3 Å². The van der Waals surface area contributed by atoms with Crippen molar-refractivity contribution in [2.45, 2.75) is 0 Å². The Morgan fingerprint density at radius 2 is 1.73 bits per heavy atom. The summed E-state index contributed by atoms with van der Waals surface area (Å²) in [6.07, 6.45) is 1.27. The molecule has 2 aromatic rings. The number of nitro benzene ring substituents is 2. The van der Waals surface area contributed by atoms with Crippen molar-refractivity contribution in [2.75, 3.05) is 5.32 Å². The first kappa shape index (κ1) is 14.8. The molecule has 0 saturated heterocycles. The number of rotatable bonds is 5. The summed E-state index contributed by atoms with van der Waals surface area (Å²) in [7, 11) is 1.45. The van der Waals surface area contributed by atoms with Gasteiger partial charge in [0.2, 0.25) is 0 Å². The van der Waals surface area contributed by atoms with Crippen molar-refractivity contribution in [3.05, 3.63) is 54.7 Å². The van der Waals surface area contributed by atoms with Crippen LogP contribution >= 0.6 is 0 Å². The van der Waals surface area contributed by atoms with E-state index in [1.807, 2.05) is 0 Å². The van der Waals surface area contributed by atoms with Crippen molar-refractivity contribution < 1.29 is 14.8 Å². The summed E-state index contributed by atoms with van der Waals surface area (Å²) < 4.78 is 1.16. The largest absolute Gasteiger partial charge is 0.413 e. The number of aromatic nitrogens is 2. The number of nitrogens with zero attached hydrogens (tertiary/aromatic N) is 5. The molecule has 0 saturated carbocycles. The van der Waals surface area contributed by atoms with Gasteiger partial charge < -0.3 is 15.4 Å². The Balaban J connectivity index is 2.48. The van der Waals surface area contributed by atoms with Crippen molar-refractivity contribution in [1.82, 2.24) is 9.78 Å². The van der Waals surface area contributed by atoms with Crippen LogP contribution in [0.15, 0.2) is 24.4 Å². The maximum atomic E-state index is 11.0. The zero-order valence-electron chi connectivity index (χ0n) is 11.0. The van der Waals surface area contributed by atoms with Gasteiger partial charge in [-0.05, 0) is 11.0 Å². The van der Waals surface area contributed by atoms with Crippen LogP contribution < -0.4 is 5.32 Å². The van der Waals surface area contributed by atoms with Crippen LogP contribution in [0.5, 0.6) is 0 Å². The first-order valence-corrected chi connectivity index (χ1v) is 5.67. The standard InChI is InChI=1S/C10H8N6O6/c1-13-5-8(10(12-13)16(21)22)11-7-3-2-6(14(17)18)4-9(7)15(19)20/h2-5,11H,1H3. The second-order valence-electron chi connectivity index (χ2n) is 4.14. The third-order valence-electron chi connectivity index (χ3n) is 2.64. The minimum absolute atomic E-state index is 0.0653. The molecule has 12 nitrogen and oxygen atoms in total. The summed E-state index contributed by atoms with van der Waals surface area (Å²) in [6.45, 7) is 0. The Morgan fingerprint density at radius 1 is 1.05 bits per heavy atom. The molecule has 1 N–H and O–H groups in total. The third kappa shape index (κ3) is 2.79. The highest BCUT2D eigenvalue weighted by atomic mass is 16.6. The van der Waals surface area contributed by atoms with Gasteiger partial charge in [-0.1, -0.05) is 0 Å². The van der Waals surface area contributed by atoms with Gasteiger partial charge in [-0.25, -0.2) is 0 Å². The molecule has 0 bridgehead atoms. The van der Waals surface area contributed by atoms with E-state index in [4.69, 9.17) is 0 Å². The molecule has 0 aliphatic heterocycles. The van der Waals surface area contributed by atoms with E-state index in [1.54, 1.807) is 0 Å². The maximum Gasteiger partial charge on any atom is 0.413 e. The van der Waals surface area contributed by atoms with Crippen LogP contribution in [0.25, 0.3) is 0 Å². The first-order valence-electron chi connectivity index (χ1n) is 5.67. The van der Waals surface area contributed by atoms with E-state index in [2.05, 4.69) is 10.4 Å². The number of hydrogen-bond donors (Lipinski definition) is 1. The summed E-state index contributed by atoms with van der Waals surface area (Å²) >= 11 is 0. The molecule has 0 atom stereocenters. The molecule has 12 heteroatoms. The Bertz CT molecular complexity index is 784. The second kappa shape index (κ2) is 5.43. The molecule has 22 heavy (non-hydrogen) atoms. The van der Waals surface area contributed by atoms with Crippen molar-refractivity contribution in [3.8, 4) is 0 Å². The molecule has 0 spiro atoms. The lowest BCUT2D eigenvalue weighted by atomic mass is 10.2. The van der Waals surface area contributed by atoms with Crippen LogP contribution in [0.2, 0.25) is 0 Å². The molecule has 0 aliphatic carbocycles. The molecule has 0 aliphatic rings. The van der Waals surface area contributed by atoms with Crippen LogP contribution in [0.1, 0.15) is 0 Å². The van der Waals surface area contributed by atoms with Crippen molar-refractivity contribution in [3.63, 3.8) is 0 Å². The van der Waals surface area contributed by atoms with E-state index < -0.39 is 32.0 Å². The van der Waals surface area contributed by atoms with Crippen molar-refractivity contribution >= 4 is 28.6 Å². The molecular weight excluding hydrogens is 300 g/mol. The molecule has 2 rings (SSSR count). The highest BCUT2D eigenvalue weighted by molar-refractivity contribution is 5.74. The summed E-state index contributed by atoms with van der Waals surface area (Å²) in [5.41, 5.74) is -1.22. The number of anilines is 2. The summed E-state index contributed by atoms with van der Waals surface area (Å²) in [6, 6.07) is 2.93. The number of nitro groups is 3. The van der Waals surface area contributed by atoms with Crippen molar-refractivity contribution in [2.24, 2.45) is 7.05 Å². The molecule has 0 radical (unpaired) electrons.